The molecule has 0 aromatic carbocycles. The predicted molar refractivity (Wildman–Crippen MR) is 63.6 cm³/mol. The lowest BCUT2D eigenvalue weighted by Crippen LogP contribution is -2.10. The normalized spacial score (nSPS) is 8.42. The highest BCUT2D eigenvalue weighted by Gasteiger charge is 1.94. The molecular formula is C10H31NO. The Morgan fingerprint density at radius 2 is 1.67 bits per heavy atom. The van der Waals surface area contributed by atoms with Crippen molar-refractivity contribution >= 4 is 0 Å². The molecule has 12 heavy (non-hydrogen) atoms. The molecule has 0 aliphatic heterocycles. The Bertz CT molecular complexity index is 77.3. The minimum Gasteiger partial charge on any atom is -0.412 e. The van der Waals surface area contributed by atoms with Crippen LogP contribution in [0, 0.1) is 5.92 Å². The molecule has 4 N–H and O–H groups in total. The third kappa shape index (κ3) is 22.6. The summed E-state index contributed by atoms with van der Waals surface area (Å²) >= 11 is 0. The van der Waals surface area contributed by atoms with Gasteiger partial charge in [-0.2, -0.15) is 0 Å². The first-order valence-corrected chi connectivity index (χ1v) is 3.54. The van der Waals surface area contributed by atoms with Crippen molar-refractivity contribution in [2.24, 2.45) is 11.7 Å². The van der Waals surface area contributed by atoms with Crippen LogP contribution in [0.2, 0.25) is 0 Å². The Balaban J connectivity index is -0.0000000191. The number of rotatable bonds is 2. The molecule has 0 heterocycles. The summed E-state index contributed by atoms with van der Waals surface area (Å²) in [5, 5.41) is 0. The zero-order chi connectivity index (χ0) is 7.86. The van der Waals surface area contributed by atoms with Gasteiger partial charge >= 0.3 is 0 Å². The number of nitrogens with two attached hydrogens (primary N) is 1. The van der Waals surface area contributed by atoms with E-state index in [-0.39, 0.29) is 21.8 Å². The number of hydrogen-bond donors (Lipinski definition) is 1. The summed E-state index contributed by atoms with van der Waals surface area (Å²) in [5.41, 5.74) is 6.48. The molecular weight excluding hydrogens is 150 g/mol. The first-order valence-electron chi connectivity index (χ1n) is 3.54. The third-order valence-corrected chi connectivity index (χ3v) is 1.19. The summed E-state index contributed by atoms with van der Waals surface area (Å²) in [6.45, 7) is 12.5. The average Bonchev–Trinajstić information content (AvgIpc) is 1.91. The maximum atomic E-state index is 5.31. The molecule has 0 aromatic rings. The Morgan fingerprint density at radius 1 is 1.42 bits per heavy atom. The highest BCUT2D eigenvalue weighted by Crippen LogP contribution is 2.02. The van der Waals surface area contributed by atoms with E-state index in [9.17, 15) is 0 Å². The summed E-state index contributed by atoms with van der Waals surface area (Å²) in [6.07, 6.45) is 0. The monoisotopic (exact) mass is 181 g/mol. The van der Waals surface area contributed by atoms with Crippen molar-refractivity contribution < 1.29 is 6.90 Å². The van der Waals surface area contributed by atoms with Crippen LogP contribution in [0.15, 0.2) is 12.2 Å². The molecule has 0 aromatic heterocycles. The van der Waals surface area contributed by atoms with Gasteiger partial charge in [-0.1, -0.05) is 47.8 Å². The van der Waals surface area contributed by atoms with E-state index in [0.717, 1.165) is 6.54 Å². The van der Waals surface area contributed by atoms with Gasteiger partial charge in [0.2, 0.25) is 0 Å². The maximum absolute atomic E-state index is 5.31. The molecule has 2 nitrogen and oxygen atoms in total. The largest absolute Gasteiger partial charge is 0.412 e. The van der Waals surface area contributed by atoms with Crippen molar-refractivity contribution in [3.8, 4) is 0 Å². The van der Waals surface area contributed by atoms with Gasteiger partial charge in [0, 0.05) is 1.43 Å². The van der Waals surface area contributed by atoms with Crippen LogP contribution < -0.4 is 5.73 Å². The highest BCUT2D eigenvalue weighted by molar-refractivity contribution is 4.93. The highest BCUT2D eigenvalue weighted by atomic mass is 16.0. The van der Waals surface area contributed by atoms with Crippen LogP contribution in [0.3, 0.4) is 0 Å². The van der Waals surface area contributed by atoms with Gasteiger partial charge in [-0.15, -0.1) is 0 Å². The van der Waals surface area contributed by atoms with Crippen molar-refractivity contribution in [2.45, 2.75) is 42.5 Å². The molecule has 0 aliphatic rings. The molecule has 0 rings (SSSR count). The van der Waals surface area contributed by atoms with Crippen LogP contribution in [0.25, 0.3) is 0 Å². The van der Waals surface area contributed by atoms with E-state index < -0.39 is 0 Å². The predicted octanol–water partition coefficient (Wildman–Crippen LogP) is 2.88. The van der Waals surface area contributed by atoms with Gasteiger partial charge in [0.25, 0.3) is 0 Å². The van der Waals surface area contributed by atoms with Crippen LogP contribution in [-0.2, 0) is 0 Å². The third-order valence-electron chi connectivity index (χ3n) is 1.19. The first kappa shape index (κ1) is 29.9. The second-order valence-electron chi connectivity index (χ2n) is 1.98. The smallest absolute Gasteiger partial charge is 0 e. The zero-order valence-corrected chi connectivity index (χ0v) is 7.57. The molecule has 0 spiro atoms. The van der Waals surface area contributed by atoms with Gasteiger partial charge in [0.05, 0.1) is 0 Å². The van der Waals surface area contributed by atoms with E-state index in [1.165, 1.54) is 5.57 Å². The topological polar surface area (TPSA) is 57.5 Å². The average molecular weight is 181 g/mol. The van der Waals surface area contributed by atoms with Crippen molar-refractivity contribution in [1.82, 2.24) is 0 Å². The fourth-order valence-electron chi connectivity index (χ4n) is 0.201. The molecule has 0 saturated carbocycles. The van der Waals surface area contributed by atoms with Crippen LogP contribution in [0.4, 0.5) is 0 Å². The fourth-order valence-corrected chi connectivity index (χ4v) is 0.201. The van der Waals surface area contributed by atoms with Crippen molar-refractivity contribution in [3.63, 3.8) is 0 Å². The maximum Gasteiger partial charge on any atom is 0 e. The van der Waals surface area contributed by atoms with Crippen molar-refractivity contribution in [3.05, 3.63) is 12.2 Å². The summed E-state index contributed by atoms with van der Waals surface area (Å²) in [5.74, 6) is 0.486. The van der Waals surface area contributed by atoms with E-state index in [1.54, 1.807) is 0 Å². The standard InChI is InChI=1S/C6H13N.C2H6.2CH4.H2O.H2/c1-5(2)6(3)4-7;1-2;;;;/h6H,1,4,7H2,2-3H3;1-2H3;2*1H4;1H2;1H. The lowest BCUT2D eigenvalue weighted by atomic mass is 10.1. The minimum absolute atomic E-state index is 0. The molecule has 0 radical (unpaired) electrons. The van der Waals surface area contributed by atoms with Gasteiger partial charge < -0.3 is 11.2 Å². The van der Waals surface area contributed by atoms with Gasteiger partial charge in [0.1, 0.15) is 0 Å². The van der Waals surface area contributed by atoms with E-state index in [1.807, 2.05) is 20.8 Å². The lowest BCUT2D eigenvalue weighted by Gasteiger charge is -2.04. The Labute approximate surface area is 80.7 Å². The lowest BCUT2D eigenvalue weighted by molar-refractivity contribution is 0.697. The summed E-state index contributed by atoms with van der Waals surface area (Å²) in [7, 11) is 0. The zero-order valence-electron chi connectivity index (χ0n) is 7.57. The molecule has 2 heteroatoms. The molecule has 0 amide bonds. The second-order valence-corrected chi connectivity index (χ2v) is 1.98. The molecule has 0 fully saturated rings. The van der Waals surface area contributed by atoms with E-state index >= 15 is 0 Å². The van der Waals surface area contributed by atoms with Crippen LogP contribution >= 0.6 is 0 Å². The first-order chi connectivity index (χ1) is 4.18. The van der Waals surface area contributed by atoms with Crippen LogP contribution in [0.1, 0.15) is 44.0 Å². The Morgan fingerprint density at radius 3 is 1.67 bits per heavy atom. The van der Waals surface area contributed by atoms with E-state index in [4.69, 9.17) is 5.73 Å². The van der Waals surface area contributed by atoms with Gasteiger partial charge in [0.15, 0.2) is 0 Å². The van der Waals surface area contributed by atoms with Gasteiger partial charge in [-0.05, 0) is 19.4 Å². The second kappa shape index (κ2) is 22.4. The fraction of sp³-hybridized carbons (Fsp3) is 0.800. The minimum atomic E-state index is 0. The van der Waals surface area contributed by atoms with Crippen molar-refractivity contribution in [1.29, 1.82) is 0 Å². The summed E-state index contributed by atoms with van der Waals surface area (Å²) in [6, 6.07) is 0. The van der Waals surface area contributed by atoms with Gasteiger partial charge in [-0.3, -0.25) is 0 Å². The molecule has 82 valence electrons. The summed E-state index contributed by atoms with van der Waals surface area (Å²) < 4.78 is 0. The number of hydrogen-bond acceptors (Lipinski definition) is 1. The van der Waals surface area contributed by atoms with E-state index in [2.05, 4.69) is 13.5 Å². The van der Waals surface area contributed by atoms with Gasteiger partial charge in [-0.25, -0.2) is 0 Å². The molecule has 0 bridgehead atoms. The van der Waals surface area contributed by atoms with E-state index in [0.29, 0.717) is 5.92 Å². The Hall–Kier alpha value is -0.340. The summed E-state index contributed by atoms with van der Waals surface area (Å²) in [4.78, 5) is 0. The molecule has 0 saturated heterocycles. The quantitative estimate of drug-likeness (QED) is 0.654. The Kier molecular flexibility index (Phi) is 55.8. The van der Waals surface area contributed by atoms with Crippen LogP contribution in [0.5, 0.6) is 0 Å². The molecule has 1 atom stereocenters. The molecule has 1 unspecified atom stereocenters. The van der Waals surface area contributed by atoms with Crippen molar-refractivity contribution in [2.75, 3.05) is 6.54 Å². The SMILES string of the molecule is C.C.C=C(C)C(C)CN.CC.O.[HH]. The van der Waals surface area contributed by atoms with Crippen LogP contribution in [-0.4, -0.2) is 12.0 Å². The molecule has 0 aliphatic carbocycles.